The summed E-state index contributed by atoms with van der Waals surface area (Å²) in [7, 11) is 3.07. The van der Waals surface area contributed by atoms with Crippen molar-refractivity contribution in [2.45, 2.75) is 11.5 Å². The molecule has 9 nitrogen and oxygen atoms in total. The molecule has 0 unspecified atom stereocenters. The number of methoxy groups -OCH3 is 2. The molecule has 1 heterocycles. The Balaban J connectivity index is 1.71. The van der Waals surface area contributed by atoms with Gasteiger partial charge in [0, 0.05) is 12.1 Å². The molecule has 1 aromatic heterocycles. The summed E-state index contributed by atoms with van der Waals surface area (Å²) in [5.41, 5.74) is 0.635. The maximum atomic E-state index is 14.1. The maximum Gasteiger partial charge on any atom is 0.318 e. The summed E-state index contributed by atoms with van der Waals surface area (Å²) in [6.07, 6.45) is 0.955. The second-order valence-electron chi connectivity index (χ2n) is 5.79. The third kappa shape index (κ3) is 5.26. The van der Waals surface area contributed by atoms with E-state index in [9.17, 15) is 14.5 Å². The zero-order valence-electron chi connectivity index (χ0n) is 16.0. The van der Waals surface area contributed by atoms with Crippen molar-refractivity contribution in [1.82, 2.24) is 9.97 Å². The molecule has 0 bridgehead atoms. The molecule has 0 amide bonds. The fourth-order valence-corrected chi connectivity index (χ4v) is 3.13. The minimum Gasteiger partial charge on any atom is -0.497 e. The van der Waals surface area contributed by atoms with Crippen LogP contribution in [0.4, 0.5) is 15.9 Å². The fraction of sp³-hybridized carbons (Fsp3) is 0.158. The molecule has 0 aliphatic carbocycles. The number of para-hydroxylation sites is 1. The van der Waals surface area contributed by atoms with Gasteiger partial charge in [0.15, 0.2) is 11.6 Å². The van der Waals surface area contributed by atoms with E-state index >= 15 is 0 Å². The molecule has 0 aliphatic rings. The van der Waals surface area contributed by atoms with Gasteiger partial charge in [-0.1, -0.05) is 12.1 Å². The highest BCUT2D eigenvalue weighted by molar-refractivity contribution is 8.00. The first-order valence-electron chi connectivity index (χ1n) is 8.53. The molecule has 156 valence electrons. The predicted octanol–water partition coefficient (Wildman–Crippen LogP) is 4.24. The minimum atomic E-state index is -0.725. The summed E-state index contributed by atoms with van der Waals surface area (Å²) in [5.74, 6) is 0.301. The molecule has 2 aromatic carbocycles. The number of ether oxygens (including phenoxy) is 3. The number of benzene rings is 2. The first-order valence-corrected chi connectivity index (χ1v) is 9.35. The van der Waals surface area contributed by atoms with Crippen LogP contribution in [0.1, 0.15) is 5.56 Å². The number of nitrogens with zero attached hydrogens (tertiary/aromatic N) is 3. The molecule has 0 radical (unpaired) electrons. The molecule has 0 aliphatic heterocycles. The molecular weight excluding hydrogens is 415 g/mol. The summed E-state index contributed by atoms with van der Waals surface area (Å²) in [5, 5.41) is 11.1. The zero-order valence-corrected chi connectivity index (χ0v) is 16.8. The maximum absolute atomic E-state index is 14.1. The Kier molecular flexibility index (Phi) is 6.86. The smallest absolute Gasteiger partial charge is 0.318 e. The third-order valence-corrected chi connectivity index (χ3v) is 4.68. The van der Waals surface area contributed by atoms with Crippen molar-refractivity contribution in [3.63, 3.8) is 0 Å². The Morgan fingerprint density at radius 2 is 1.87 bits per heavy atom. The molecule has 11 heteroatoms. The van der Waals surface area contributed by atoms with Crippen molar-refractivity contribution in [2.24, 2.45) is 0 Å². The van der Waals surface area contributed by atoms with Crippen molar-refractivity contribution in [2.75, 3.05) is 18.9 Å². The van der Waals surface area contributed by atoms with Gasteiger partial charge >= 0.3 is 6.01 Å². The summed E-state index contributed by atoms with van der Waals surface area (Å²) in [6.45, 7) is 0.0932. The number of rotatable bonds is 9. The first kappa shape index (κ1) is 21.1. The van der Waals surface area contributed by atoms with Gasteiger partial charge in [0.25, 0.3) is 5.69 Å². The van der Waals surface area contributed by atoms with Gasteiger partial charge in [-0.05, 0) is 35.7 Å². The van der Waals surface area contributed by atoms with Gasteiger partial charge in [0.2, 0.25) is 0 Å². The monoisotopic (exact) mass is 432 g/mol. The van der Waals surface area contributed by atoms with Crippen LogP contribution in [-0.2, 0) is 6.61 Å². The van der Waals surface area contributed by atoms with Crippen molar-refractivity contribution in [3.8, 4) is 17.5 Å². The van der Waals surface area contributed by atoms with E-state index in [0.717, 1.165) is 23.7 Å². The minimum absolute atomic E-state index is 0.0659. The lowest BCUT2D eigenvalue weighted by molar-refractivity contribution is -0.387. The molecule has 0 saturated carbocycles. The summed E-state index contributed by atoms with van der Waals surface area (Å²) in [6, 6.07) is 11.3. The van der Waals surface area contributed by atoms with Crippen LogP contribution < -0.4 is 18.9 Å². The summed E-state index contributed by atoms with van der Waals surface area (Å²) >= 11 is 0.865. The lowest BCUT2D eigenvalue weighted by Gasteiger charge is -2.10. The van der Waals surface area contributed by atoms with Crippen molar-refractivity contribution < 1.29 is 23.5 Å². The van der Waals surface area contributed by atoms with E-state index in [1.807, 2.05) is 0 Å². The average Bonchev–Trinajstić information content (AvgIpc) is 2.77. The molecule has 0 fully saturated rings. The number of aromatic nitrogens is 2. The lowest BCUT2D eigenvalue weighted by atomic mass is 10.2. The highest BCUT2D eigenvalue weighted by Gasteiger charge is 2.15. The van der Waals surface area contributed by atoms with Crippen molar-refractivity contribution in [3.05, 3.63) is 70.2 Å². The van der Waals surface area contributed by atoms with Crippen molar-refractivity contribution in [1.29, 1.82) is 0 Å². The van der Waals surface area contributed by atoms with Gasteiger partial charge in [-0.2, -0.15) is 4.98 Å². The molecular formula is C19H17FN4O5S. The third-order valence-electron chi connectivity index (χ3n) is 3.82. The van der Waals surface area contributed by atoms with E-state index < -0.39 is 10.7 Å². The molecule has 3 rings (SSSR count). The van der Waals surface area contributed by atoms with Gasteiger partial charge in [-0.25, -0.2) is 9.37 Å². The van der Waals surface area contributed by atoms with Crippen LogP contribution in [-0.4, -0.2) is 29.1 Å². The second kappa shape index (κ2) is 9.74. The molecule has 1 N–H and O–H groups in total. The van der Waals surface area contributed by atoms with Crippen LogP contribution in [0.15, 0.2) is 53.6 Å². The van der Waals surface area contributed by atoms with Gasteiger partial charge in [0.05, 0.1) is 25.3 Å². The quantitative estimate of drug-likeness (QED) is 0.302. The Labute approximate surface area is 175 Å². The van der Waals surface area contributed by atoms with E-state index in [1.165, 1.54) is 20.3 Å². The summed E-state index contributed by atoms with van der Waals surface area (Å²) < 4.78 is 32.7. The second-order valence-corrected chi connectivity index (χ2v) is 6.64. The van der Waals surface area contributed by atoms with Crippen LogP contribution in [0, 0.1) is 15.9 Å². The molecule has 0 atom stereocenters. The SMILES string of the molecule is COc1cc(COc2ncc(F)c(NSc3ccccc3[N+](=O)[O-])n2)cc(OC)c1. The number of hydrogen-bond donors (Lipinski definition) is 1. The normalized spacial score (nSPS) is 10.4. The number of halogens is 1. The number of nitro benzene ring substituents is 1. The van der Waals surface area contributed by atoms with E-state index in [0.29, 0.717) is 16.4 Å². The van der Waals surface area contributed by atoms with Crippen molar-refractivity contribution >= 4 is 23.5 Å². The highest BCUT2D eigenvalue weighted by Crippen LogP contribution is 2.30. The lowest BCUT2D eigenvalue weighted by Crippen LogP contribution is -2.04. The predicted molar refractivity (Wildman–Crippen MR) is 108 cm³/mol. The van der Waals surface area contributed by atoms with E-state index in [-0.39, 0.29) is 24.1 Å². The average molecular weight is 432 g/mol. The Morgan fingerprint density at radius 3 is 2.53 bits per heavy atom. The number of nitrogens with one attached hydrogen (secondary N) is 1. The largest absolute Gasteiger partial charge is 0.497 e. The standard InChI is InChI=1S/C19H17FN4O5S/c1-27-13-7-12(8-14(9-13)28-2)11-29-19-21-10-15(20)18(22-19)23-30-17-6-4-3-5-16(17)24(25)26/h3-10H,11H2,1-2H3,(H,21,22,23). The Bertz CT molecular complexity index is 1030. The van der Waals surface area contributed by atoms with E-state index in [2.05, 4.69) is 14.7 Å². The van der Waals surface area contributed by atoms with E-state index in [4.69, 9.17) is 14.2 Å². The van der Waals surface area contributed by atoms with Crippen LogP contribution in [0.2, 0.25) is 0 Å². The van der Waals surface area contributed by atoms with E-state index in [1.54, 1.807) is 36.4 Å². The highest BCUT2D eigenvalue weighted by atomic mass is 32.2. The number of hydrogen-bond acceptors (Lipinski definition) is 9. The van der Waals surface area contributed by atoms with Crippen LogP contribution in [0.25, 0.3) is 0 Å². The molecule has 0 saturated heterocycles. The fourth-order valence-electron chi connectivity index (χ4n) is 2.39. The zero-order chi connectivity index (χ0) is 21.5. The first-order chi connectivity index (χ1) is 14.5. The topological polar surface area (TPSA) is 109 Å². The number of anilines is 1. The van der Waals surface area contributed by atoms with Crippen LogP contribution in [0.5, 0.6) is 17.5 Å². The molecule has 3 aromatic rings. The van der Waals surface area contributed by atoms with Gasteiger partial charge < -0.3 is 18.9 Å². The van der Waals surface area contributed by atoms with Gasteiger partial charge in [0.1, 0.15) is 23.0 Å². The number of nitro groups is 1. The Hall–Kier alpha value is -3.60. The molecule has 0 spiro atoms. The Morgan fingerprint density at radius 1 is 1.17 bits per heavy atom. The van der Waals surface area contributed by atoms with Gasteiger partial charge in [-0.3, -0.25) is 10.1 Å². The molecule has 30 heavy (non-hydrogen) atoms. The van der Waals surface area contributed by atoms with Crippen LogP contribution >= 0.6 is 11.9 Å². The van der Waals surface area contributed by atoms with Crippen LogP contribution in [0.3, 0.4) is 0 Å². The summed E-state index contributed by atoms with van der Waals surface area (Å²) in [4.78, 5) is 18.7. The van der Waals surface area contributed by atoms with Gasteiger partial charge in [-0.15, -0.1) is 0 Å².